The van der Waals surface area contributed by atoms with Crippen molar-refractivity contribution in [2.24, 2.45) is 21.5 Å². The summed E-state index contributed by atoms with van der Waals surface area (Å²) < 4.78 is 5.78. The van der Waals surface area contributed by atoms with Gasteiger partial charge in [0, 0.05) is 62.0 Å². The van der Waals surface area contributed by atoms with E-state index in [9.17, 15) is 5.11 Å². The first-order valence-electron chi connectivity index (χ1n) is 11.6. The van der Waals surface area contributed by atoms with Crippen LogP contribution in [0.3, 0.4) is 0 Å². The first-order chi connectivity index (χ1) is 17.7. The van der Waals surface area contributed by atoms with E-state index in [1.54, 1.807) is 45.6 Å². The number of hydrogen-bond donors (Lipinski definition) is 4. The number of nitrogens with one attached hydrogen (secondary N) is 1. The van der Waals surface area contributed by atoms with Gasteiger partial charge in [0.15, 0.2) is 5.82 Å². The molecule has 1 aromatic heterocycles. The summed E-state index contributed by atoms with van der Waals surface area (Å²) in [4.78, 5) is 20.2. The Labute approximate surface area is 226 Å². The molecule has 12 heteroatoms. The van der Waals surface area contributed by atoms with Crippen LogP contribution in [0, 0.1) is 6.92 Å². The zero-order valence-electron chi connectivity index (χ0n) is 21.3. The lowest BCUT2D eigenvalue weighted by molar-refractivity contribution is 0.108. The summed E-state index contributed by atoms with van der Waals surface area (Å²) in [6.45, 7) is 3.40. The zero-order valence-corrected chi connectivity index (χ0v) is 22.8. The summed E-state index contributed by atoms with van der Waals surface area (Å²) in [6.07, 6.45) is 2.36. The average Bonchev–Trinajstić information content (AvgIpc) is 3.25. The molecule has 0 fully saturated rings. The normalized spacial score (nSPS) is 15.7. The van der Waals surface area contributed by atoms with Crippen LogP contribution in [0.15, 0.2) is 50.7 Å². The summed E-state index contributed by atoms with van der Waals surface area (Å²) in [5.74, 6) is 1.51. The fraction of sp³-hybridized carbons (Fsp3) is 0.360. The molecule has 2 heterocycles. The predicted octanol–water partition coefficient (Wildman–Crippen LogP) is 2.26. The largest absolute Gasteiger partial charge is 0.491 e. The second kappa shape index (κ2) is 12.9. The van der Waals surface area contributed by atoms with E-state index in [1.165, 1.54) is 6.20 Å². The smallest absolute Gasteiger partial charge is 0.163 e. The lowest BCUT2D eigenvalue weighted by Crippen LogP contribution is -2.29. The van der Waals surface area contributed by atoms with Crippen molar-refractivity contribution in [3.05, 3.63) is 57.0 Å². The number of likely N-dealkylation sites (N-methyl/N-ethyl adjacent to an activating group) is 1. The molecule has 0 aliphatic carbocycles. The van der Waals surface area contributed by atoms with Crippen LogP contribution >= 0.6 is 23.2 Å². The fourth-order valence-corrected chi connectivity index (χ4v) is 4.30. The lowest BCUT2D eigenvalue weighted by atomic mass is 10.1. The van der Waals surface area contributed by atoms with Gasteiger partial charge in [-0.1, -0.05) is 23.2 Å². The van der Waals surface area contributed by atoms with Crippen molar-refractivity contribution in [1.29, 1.82) is 0 Å². The highest BCUT2D eigenvalue weighted by Crippen LogP contribution is 2.34. The highest BCUT2D eigenvalue weighted by atomic mass is 35.5. The van der Waals surface area contributed by atoms with Crippen LogP contribution in [0.25, 0.3) is 11.4 Å². The number of anilines is 1. The maximum absolute atomic E-state index is 10.0. The fourth-order valence-electron chi connectivity index (χ4n) is 3.92. The van der Waals surface area contributed by atoms with Crippen molar-refractivity contribution in [2.75, 3.05) is 52.3 Å². The molecule has 0 radical (unpaired) electrons. The molecule has 1 aliphatic heterocycles. The maximum Gasteiger partial charge on any atom is 0.163 e. The third-order valence-corrected chi connectivity index (χ3v) is 6.36. The summed E-state index contributed by atoms with van der Waals surface area (Å²) in [5.41, 5.74) is 15.8. The molecule has 3 rings (SSSR count). The third-order valence-electron chi connectivity index (χ3n) is 5.72. The minimum atomic E-state index is -0.666. The molecule has 6 N–H and O–H groups in total. The van der Waals surface area contributed by atoms with Crippen LogP contribution in [0.4, 0.5) is 5.82 Å². The average molecular weight is 547 g/mol. The first-order valence-corrected chi connectivity index (χ1v) is 12.3. The minimum Gasteiger partial charge on any atom is -0.491 e. The molecule has 2 aromatic rings. The van der Waals surface area contributed by atoms with E-state index in [-0.39, 0.29) is 11.6 Å². The molecular formula is C25H32Cl2N8O2. The monoisotopic (exact) mass is 546 g/mol. The van der Waals surface area contributed by atoms with Crippen molar-refractivity contribution < 1.29 is 9.84 Å². The van der Waals surface area contributed by atoms with Crippen LogP contribution in [0.2, 0.25) is 5.02 Å². The highest BCUT2D eigenvalue weighted by molar-refractivity contribution is 6.46. The molecule has 0 bridgehead atoms. The number of aliphatic hydroxyl groups is 1. The molecule has 198 valence electrons. The lowest BCUT2D eigenvalue weighted by Gasteiger charge is -2.22. The van der Waals surface area contributed by atoms with Gasteiger partial charge in [0.2, 0.25) is 0 Å². The quantitative estimate of drug-likeness (QED) is 0.331. The second-order valence-electron chi connectivity index (χ2n) is 8.39. The topological polar surface area (TPSA) is 147 Å². The van der Waals surface area contributed by atoms with Crippen molar-refractivity contribution in [3.63, 3.8) is 0 Å². The van der Waals surface area contributed by atoms with Gasteiger partial charge in [0.05, 0.1) is 22.3 Å². The molecule has 0 saturated heterocycles. The van der Waals surface area contributed by atoms with Crippen LogP contribution in [-0.4, -0.2) is 80.5 Å². The molecule has 0 unspecified atom stereocenters. The van der Waals surface area contributed by atoms with Gasteiger partial charge in [-0.25, -0.2) is 9.97 Å². The van der Waals surface area contributed by atoms with E-state index in [0.717, 1.165) is 11.1 Å². The van der Waals surface area contributed by atoms with Gasteiger partial charge in [-0.15, -0.1) is 0 Å². The number of hydrogen-bond acceptors (Lipinski definition) is 10. The molecule has 10 nitrogen and oxygen atoms in total. The Morgan fingerprint density at radius 2 is 2.08 bits per heavy atom. The number of rotatable bonds is 10. The molecule has 0 amide bonds. The van der Waals surface area contributed by atoms with E-state index in [0.29, 0.717) is 64.7 Å². The Bertz CT molecular complexity index is 1260. The van der Waals surface area contributed by atoms with Crippen molar-refractivity contribution in [3.8, 4) is 17.1 Å². The molecule has 1 aromatic carbocycles. The van der Waals surface area contributed by atoms with Crippen LogP contribution < -0.4 is 26.4 Å². The molecule has 0 spiro atoms. The minimum absolute atomic E-state index is 0.108. The van der Waals surface area contributed by atoms with E-state index in [1.807, 2.05) is 11.8 Å². The van der Waals surface area contributed by atoms with Gasteiger partial charge in [-0.2, -0.15) is 0 Å². The Morgan fingerprint density at radius 1 is 1.32 bits per heavy atom. The number of nitrogens with zero attached hydrogens (tertiary/aromatic N) is 5. The Hall–Kier alpha value is -3.18. The van der Waals surface area contributed by atoms with Crippen molar-refractivity contribution >= 4 is 40.9 Å². The molecular weight excluding hydrogens is 515 g/mol. The summed E-state index contributed by atoms with van der Waals surface area (Å²) in [6, 6.07) is 5.16. The second-order valence-corrected chi connectivity index (χ2v) is 9.20. The predicted molar refractivity (Wildman–Crippen MR) is 151 cm³/mol. The number of benzene rings is 1. The number of aromatic nitrogens is 2. The van der Waals surface area contributed by atoms with E-state index >= 15 is 0 Å². The van der Waals surface area contributed by atoms with Gasteiger partial charge in [0.25, 0.3) is 0 Å². The van der Waals surface area contributed by atoms with Gasteiger partial charge in [-0.05, 0) is 32.2 Å². The Balaban J connectivity index is 2.13. The van der Waals surface area contributed by atoms with Crippen LogP contribution in [0.5, 0.6) is 5.75 Å². The van der Waals surface area contributed by atoms with Gasteiger partial charge in [-0.3, -0.25) is 9.98 Å². The molecule has 37 heavy (non-hydrogen) atoms. The molecule has 1 aliphatic rings. The van der Waals surface area contributed by atoms with Crippen LogP contribution in [-0.2, 0) is 0 Å². The van der Waals surface area contributed by atoms with E-state index in [2.05, 4.69) is 15.3 Å². The number of allylic oxidation sites excluding steroid dienone is 1. The Morgan fingerprint density at radius 3 is 2.73 bits per heavy atom. The molecule has 0 saturated carbocycles. The summed E-state index contributed by atoms with van der Waals surface area (Å²) in [5, 5.41) is 13.6. The van der Waals surface area contributed by atoms with Gasteiger partial charge in [0.1, 0.15) is 30.0 Å². The van der Waals surface area contributed by atoms with E-state index < -0.39 is 6.10 Å². The standard InChI is InChI=1S/C25H32Cl2N8O2/c1-14-22(23(32-4)20(27)8-28)33-24(34-25(14)35-11-15(9-30-2)21(29)12-35)18-7-17(5-6-19(18)26)37-13-16(36)10-31-3/h5-9,16,31,36H,10-13,28-29H2,1-4H3/t16-/m1/s1. The van der Waals surface area contributed by atoms with Crippen molar-refractivity contribution in [2.45, 2.75) is 13.0 Å². The third kappa shape index (κ3) is 6.58. The highest BCUT2D eigenvalue weighted by Gasteiger charge is 2.26. The summed E-state index contributed by atoms with van der Waals surface area (Å²) >= 11 is 13.0. The number of nitrogens with two attached hydrogens (primary N) is 2. The number of aliphatic hydroxyl groups excluding tert-OH is 1. The van der Waals surface area contributed by atoms with Gasteiger partial charge < -0.3 is 31.5 Å². The maximum atomic E-state index is 10.0. The summed E-state index contributed by atoms with van der Waals surface area (Å²) in [7, 11) is 5.08. The number of aliphatic imine (C=N–C) groups is 2. The zero-order chi connectivity index (χ0) is 27.1. The number of halogens is 2. The van der Waals surface area contributed by atoms with E-state index in [4.69, 9.17) is 49.4 Å². The van der Waals surface area contributed by atoms with Gasteiger partial charge >= 0.3 is 0 Å². The van der Waals surface area contributed by atoms with Crippen molar-refractivity contribution in [1.82, 2.24) is 15.3 Å². The van der Waals surface area contributed by atoms with Crippen LogP contribution in [0.1, 0.15) is 11.3 Å². The molecule has 1 atom stereocenters. The SMILES string of the molecule is CN=CC1=C(N)CN(c2nc(-c3cc(OC[C@H](O)CNC)ccc3Cl)nc(C(=NC)C(Cl)=CN)c2C)C1. The Kier molecular flexibility index (Phi) is 9.87. The first kappa shape index (κ1) is 28.4. The number of ether oxygens (including phenoxy) is 1.